The number of benzene rings is 6. The van der Waals surface area contributed by atoms with Crippen molar-refractivity contribution in [2.45, 2.75) is 0 Å². The van der Waals surface area contributed by atoms with Crippen LogP contribution in [0.5, 0.6) is 0 Å². The quantitative estimate of drug-likeness (QED) is 0.171. The fourth-order valence-corrected chi connectivity index (χ4v) is 6.52. The minimum absolute atomic E-state index is 0.376. The lowest BCUT2D eigenvalue weighted by molar-refractivity contribution is 0.953. The standard InChI is InChI=1S/C43H22N8/c1-47-36-17-9-16-33(26-46)40(36)29-19-21-37-35(22-29)34-20-18-30(39-31(24-44)14-8-15-32(39)25-45)23-38(34)51(37)43-49-41(27-10-4-2-5-11-27)48-42(50-43)28-12-6-3-7-13-28/h2-23H. The van der Waals surface area contributed by atoms with E-state index in [0.29, 0.717) is 56.7 Å². The zero-order valence-corrected chi connectivity index (χ0v) is 26.8. The summed E-state index contributed by atoms with van der Waals surface area (Å²) in [6.45, 7) is 7.81. The lowest BCUT2D eigenvalue weighted by Crippen LogP contribution is -2.06. The molecule has 0 bridgehead atoms. The Morgan fingerprint density at radius 3 is 1.63 bits per heavy atom. The first-order chi connectivity index (χ1) is 25.1. The van der Waals surface area contributed by atoms with Crippen LogP contribution in [0.25, 0.3) is 77.6 Å². The Hall–Kier alpha value is -7.91. The summed E-state index contributed by atoms with van der Waals surface area (Å²) in [4.78, 5) is 18.7. The van der Waals surface area contributed by atoms with Crippen LogP contribution in [-0.2, 0) is 0 Å². The Kier molecular flexibility index (Phi) is 7.52. The Morgan fingerprint density at radius 2 is 1.04 bits per heavy atom. The van der Waals surface area contributed by atoms with E-state index in [-0.39, 0.29) is 0 Å². The molecule has 8 nitrogen and oxygen atoms in total. The highest BCUT2D eigenvalue weighted by Gasteiger charge is 2.21. The minimum atomic E-state index is 0.376. The molecule has 0 fully saturated rings. The second-order valence-electron chi connectivity index (χ2n) is 11.7. The number of rotatable bonds is 5. The first-order valence-corrected chi connectivity index (χ1v) is 15.9. The Balaban J connectivity index is 1.48. The van der Waals surface area contributed by atoms with Gasteiger partial charge in [-0.2, -0.15) is 25.8 Å². The molecule has 0 saturated carbocycles. The maximum absolute atomic E-state index is 10.0. The second-order valence-corrected chi connectivity index (χ2v) is 11.7. The van der Waals surface area contributed by atoms with Crippen LogP contribution in [-0.4, -0.2) is 19.5 Å². The molecule has 0 aliphatic rings. The predicted octanol–water partition coefficient (Wildman–Crippen LogP) is 9.80. The molecule has 0 saturated heterocycles. The van der Waals surface area contributed by atoms with Gasteiger partial charge < -0.3 is 0 Å². The number of nitrogens with zero attached hydrogens (tertiary/aromatic N) is 8. The van der Waals surface area contributed by atoms with Gasteiger partial charge in [-0.05, 0) is 47.5 Å². The molecule has 8 heteroatoms. The third-order valence-electron chi connectivity index (χ3n) is 8.82. The van der Waals surface area contributed by atoms with Crippen LogP contribution in [0.15, 0.2) is 133 Å². The zero-order chi connectivity index (χ0) is 34.9. The summed E-state index contributed by atoms with van der Waals surface area (Å²) in [6.07, 6.45) is 0. The highest BCUT2D eigenvalue weighted by molar-refractivity contribution is 6.11. The van der Waals surface area contributed by atoms with E-state index in [4.69, 9.17) is 21.5 Å². The third-order valence-corrected chi connectivity index (χ3v) is 8.82. The van der Waals surface area contributed by atoms with Crippen molar-refractivity contribution in [3.05, 3.63) is 162 Å². The van der Waals surface area contributed by atoms with E-state index in [1.807, 2.05) is 102 Å². The van der Waals surface area contributed by atoms with Crippen LogP contribution >= 0.6 is 0 Å². The maximum Gasteiger partial charge on any atom is 0.238 e. The Bertz CT molecular complexity index is 2720. The van der Waals surface area contributed by atoms with Crippen molar-refractivity contribution in [3.63, 3.8) is 0 Å². The molecule has 0 N–H and O–H groups in total. The van der Waals surface area contributed by atoms with E-state index in [9.17, 15) is 15.8 Å². The normalized spacial score (nSPS) is 10.7. The van der Waals surface area contributed by atoms with E-state index in [2.05, 4.69) is 23.1 Å². The van der Waals surface area contributed by atoms with E-state index in [1.54, 1.807) is 36.4 Å². The van der Waals surface area contributed by atoms with Gasteiger partial charge >= 0.3 is 0 Å². The van der Waals surface area contributed by atoms with E-state index >= 15 is 0 Å². The number of fused-ring (bicyclic) bond motifs is 3. The average Bonchev–Trinajstić information content (AvgIpc) is 3.53. The summed E-state index contributed by atoms with van der Waals surface area (Å²) in [5.41, 5.74) is 7.23. The lowest BCUT2D eigenvalue weighted by atomic mass is 9.94. The molecule has 8 rings (SSSR count). The minimum Gasteiger partial charge on any atom is -0.278 e. The van der Waals surface area contributed by atoms with Crippen LogP contribution in [0.4, 0.5) is 5.69 Å². The highest BCUT2D eigenvalue weighted by atomic mass is 15.2. The summed E-state index contributed by atoms with van der Waals surface area (Å²) < 4.78 is 1.96. The predicted molar refractivity (Wildman–Crippen MR) is 196 cm³/mol. The SMILES string of the molecule is [C-]#[N+]c1cccc(C#N)c1-c1ccc2c(c1)c1ccc(-c3c(C#N)cccc3C#N)cc1n2-c1nc(-c2ccccc2)nc(-c2ccccc2)n1. The van der Waals surface area contributed by atoms with Gasteiger partial charge in [0.25, 0.3) is 0 Å². The van der Waals surface area contributed by atoms with Crippen molar-refractivity contribution in [2.75, 3.05) is 0 Å². The van der Waals surface area contributed by atoms with E-state index < -0.39 is 0 Å². The molecule has 6 aromatic carbocycles. The third kappa shape index (κ3) is 5.20. The smallest absolute Gasteiger partial charge is 0.238 e. The molecule has 2 heterocycles. The van der Waals surface area contributed by atoms with Gasteiger partial charge in [-0.25, -0.2) is 9.83 Å². The van der Waals surface area contributed by atoms with Crippen molar-refractivity contribution >= 4 is 27.5 Å². The fraction of sp³-hybridized carbons (Fsp3) is 0. The number of aromatic nitrogens is 4. The van der Waals surface area contributed by atoms with Gasteiger partial charge in [-0.1, -0.05) is 97.1 Å². The van der Waals surface area contributed by atoms with E-state index in [0.717, 1.165) is 38.5 Å². The maximum atomic E-state index is 10.0. The Labute approximate surface area is 292 Å². The van der Waals surface area contributed by atoms with Gasteiger partial charge in [0.05, 0.1) is 46.9 Å². The zero-order valence-electron chi connectivity index (χ0n) is 26.8. The first-order valence-electron chi connectivity index (χ1n) is 15.9. The number of hydrogen-bond donors (Lipinski definition) is 0. The van der Waals surface area contributed by atoms with Crippen molar-refractivity contribution in [3.8, 4) is 69.2 Å². The molecular weight excluding hydrogens is 629 g/mol. The van der Waals surface area contributed by atoms with Gasteiger partial charge in [0.15, 0.2) is 17.3 Å². The molecule has 0 spiro atoms. The molecular formula is C43H22N8. The Morgan fingerprint density at radius 1 is 0.490 bits per heavy atom. The molecule has 234 valence electrons. The van der Waals surface area contributed by atoms with Crippen molar-refractivity contribution in [2.24, 2.45) is 0 Å². The van der Waals surface area contributed by atoms with Crippen LogP contribution in [0.3, 0.4) is 0 Å². The summed E-state index contributed by atoms with van der Waals surface area (Å²) in [6, 6.07) is 48.1. The van der Waals surface area contributed by atoms with Crippen molar-refractivity contribution in [1.82, 2.24) is 19.5 Å². The molecule has 2 aromatic heterocycles. The molecule has 0 atom stereocenters. The van der Waals surface area contributed by atoms with Crippen LogP contribution in [0, 0.1) is 40.6 Å². The summed E-state index contributed by atoms with van der Waals surface area (Å²) in [5.74, 6) is 1.36. The van der Waals surface area contributed by atoms with Gasteiger partial charge in [0.2, 0.25) is 5.95 Å². The largest absolute Gasteiger partial charge is 0.278 e. The van der Waals surface area contributed by atoms with Gasteiger partial charge in [0.1, 0.15) is 0 Å². The summed E-state index contributed by atoms with van der Waals surface area (Å²) in [7, 11) is 0. The first kappa shape index (κ1) is 30.4. The highest BCUT2D eigenvalue weighted by Crippen LogP contribution is 2.40. The van der Waals surface area contributed by atoms with Gasteiger partial charge in [0, 0.05) is 38.6 Å². The van der Waals surface area contributed by atoms with Gasteiger partial charge in [-0.15, -0.1) is 0 Å². The fourth-order valence-electron chi connectivity index (χ4n) is 6.52. The lowest BCUT2D eigenvalue weighted by Gasteiger charge is -2.12. The molecule has 0 amide bonds. The van der Waals surface area contributed by atoms with Gasteiger partial charge in [-0.3, -0.25) is 4.57 Å². The van der Waals surface area contributed by atoms with Crippen molar-refractivity contribution < 1.29 is 0 Å². The summed E-state index contributed by atoms with van der Waals surface area (Å²) in [5, 5.41) is 31.7. The number of nitriles is 3. The topological polar surface area (TPSA) is 119 Å². The van der Waals surface area contributed by atoms with Crippen LogP contribution < -0.4 is 0 Å². The second kappa shape index (κ2) is 12.6. The molecule has 0 unspecified atom stereocenters. The molecule has 51 heavy (non-hydrogen) atoms. The summed E-state index contributed by atoms with van der Waals surface area (Å²) >= 11 is 0. The average molecular weight is 651 g/mol. The van der Waals surface area contributed by atoms with Crippen molar-refractivity contribution in [1.29, 1.82) is 15.8 Å². The van der Waals surface area contributed by atoms with Crippen LogP contribution in [0.2, 0.25) is 0 Å². The molecule has 0 aliphatic carbocycles. The van der Waals surface area contributed by atoms with E-state index in [1.165, 1.54) is 0 Å². The number of hydrogen-bond acceptors (Lipinski definition) is 6. The molecule has 8 aromatic rings. The monoisotopic (exact) mass is 650 g/mol. The molecule has 0 aliphatic heterocycles. The van der Waals surface area contributed by atoms with Crippen LogP contribution in [0.1, 0.15) is 16.7 Å². The molecule has 0 radical (unpaired) electrons.